The van der Waals surface area contributed by atoms with Crippen LogP contribution in [-0.4, -0.2) is 24.6 Å². The van der Waals surface area contributed by atoms with Gasteiger partial charge in [-0.2, -0.15) is 0 Å². The highest BCUT2D eigenvalue weighted by atomic mass is 15.0. The summed E-state index contributed by atoms with van der Waals surface area (Å²) in [5.41, 5.74) is 1.29. The summed E-state index contributed by atoms with van der Waals surface area (Å²) in [7, 11) is 0. The van der Waals surface area contributed by atoms with Gasteiger partial charge in [0.05, 0.1) is 0 Å². The summed E-state index contributed by atoms with van der Waals surface area (Å²) in [6, 6.07) is 8.62. The number of piperidine rings is 1. The number of aryl methyl sites for hydroxylation is 1. The Labute approximate surface area is 114 Å². The molecule has 3 rings (SSSR count). The van der Waals surface area contributed by atoms with Gasteiger partial charge in [0.2, 0.25) is 0 Å². The Bertz CT molecular complexity index is 559. The molecule has 0 spiro atoms. The summed E-state index contributed by atoms with van der Waals surface area (Å²) in [6.07, 6.45) is 4.42. The van der Waals surface area contributed by atoms with E-state index in [2.05, 4.69) is 46.8 Å². The lowest BCUT2D eigenvalue weighted by molar-refractivity contribution is 0.389. The zero-order valence-corrected chi connectivity index (χ0v) is 11.4. The second kappa shape index (κ2) is 5.57. The average Bonchev–Trinajstić information content (AvgIpc) is 2.45. The van der Waals surface area contributed by atoms with Crippen LogP contribution in [0.4, 0.5) is 5.82 Å². The Morgan fingerprint density at radius 3 is 2.95 bits per heavy atom. The minimum atomic E-state index is 0.767. The fourth-order valence-electron chi connectivity index (χ4n) is 2.77. The van der Waals surface area contributed by atoms with Gasteiger partial charge < -0.3 is 10.6 Å². The summed E-state index contributed by atoms with van der Waals surface area (Å²) < 4.78 is 0. The molecule has 100 valence electrons. The van der Waals surface area contributed by atoms with Crippen LogP contribution in [0.15, 0.2) is 30.5 Å². The first-order chi connectivity index (χ1) is 9.33. The number of aromatic nitrogens is 1. The van der Waals surface area contributed by atoms with E-state index in [0.29, 0.717) is 0 Å². The maximum Gasteiger partial charge on any atom is 0.133 e. The van der Waals surface area contributed by atoms with E-state index < -0.39 is 0 Å². The molecule has 1 saturated heterocycles. The highest BCUT2D eigenvalue weighted by Gasteiger charge is 2.13. The van der Waals surface area contributed by atoms with Gasteiger partial charge in [0.15, 0.2) is 0 Å². The largest absolute Gasteiger partial charge is 0.369 e. The van der Waals surface area contributed by atoms with E-state index in [1.54, 1.807) is 0 Å². The van der Waals surface area contributed by atoms with E-state index in [1.165, 1.54) is 29.2 Å². The first-order valence-electron chi connectivity index (χ1n) is 7.13. The van der Waals surface area contributed by atoms with Crippen molar-refractivity contribution in [3.63, 3.8) is 0 Å². The third-order valence-electron chi connectivity index (χ3n) is 3.94. The summed E-state index contributed by atoms with van der Waals surface area (Å²) >= 11 is 0. The topological polar surface area (TPSA) is 37.0 Å². The molecule has 2 aromatic rings. The number of benzene rings is 1. The van der Waals surface area contributed by atoms with Crippen molar-refractivity contribution in [2.75, 3.05) is 25.0 Å². The van der Waals surface area contributed by atoms with E-state index in [-0.39, 0.29) is 0 Å². The van der Waals surface area contributed by atoms with Gasteiger partial charge in [-0.3, -0.25) is 0 Å². The van der Waals surface area contributed by atoms with Gasteiger partial charge in [0.1, 0.15) is 5.82 Å². The molecule has 2 heterocycles. The first kappa shape index (κ1) is 12.4. The number of anilines is 1. The third-order valence-corrected chi connectivity index (χ3v) is 3.94. The Morgan fingerprint density at radius 1 is 1.26 bits per heavy atom. The van der Waals surface area contributed by atoms with Crippen LogP contribution in [0.3, 0.4) is 0 Å². The van der Waals surface area contributed by atoms with Crippen LogP contribution in [0.1, 0.15) is 18.4 Å². The van der Waals surface area contributed by atoms with E-state index in [9.17, 15) is 0 Å². The second-order valence-corrected chi connectivity index (χ2v) is 5.46. The lowest BCUT2D eigenvalue weighted by atomic mass is 9.98. The lowest BCUT2D eigenvalue weighted by Crippen LogP contribution is -2.31. The van der Waals surface area contributed by atoms with Crippen molar-refractivity contribution in [2.45, 2.75) is 19.8 Å². The molecule has 3 nitrogen and oxygen atoms in total. The molecule has 2 N–H and O–H groups in total. The Balaban J connectivity index is 1.76. The molecule has 0 saturated carbocycles. The molecular formula is C16H21N3. The maximum atomic E-state index is 4.49. The average molecular weight is 255 g/mol. The fraction of sp³-hybridized carbons (Fsp3) is 0.438. The summed E-state index contributed by atoms with van der Waals surface area (Å²) in [4.78, 5) is 4.49. The number of pyridine rings is 1. The van der Waals surface area contributed by atoms with Crippen molar-refractivity contribution < 1.29 is 0 Å². The van der Waals surface area contributed by atoms with Crippen LogP contribution in [0.2, 0.25) is 0 Å². The SMILES string of the molecule is Cc1ccc2c(NCC3CCNCC3)nccc2c1. The number of nitrogens with zero attached hydrogens (tertiary/aromatic N) is 1. The normalized spacial score (nSPS) is 16.7. The van der Waals surface area contributed by atoms with Crippen LogP contribution in [0.5, 0.6) is 0 Å². The summed E-state index contributed by atoms with van der Waals surface area (Å²) in [5.74, 6) is 1.79. The molecule has 0 atom stereocenters. The molecule has 1 aromatic carbocycles. The van der Waals surface area contributed by atoms with Crippen molar-refractivity contribution >= 4 is 16.6 Å². The molecule has 0 radical (unpaired) electrons. The van der Waals surface area contributed by atoms with Gasteiger partial charge in [-0.15, -0.1) is 0 Å². The van der Waals surface area contributed by atoms with Crippen molar-refractivity contribution in [1.29, 1.82) is 0 Å². The van der Waals surface area contributed by atoms with Crippen LogP contribution in [0, 0.1) is 12.8 Å². The standard InChI is InChI=1S/C16H21N3/c1-12-2-3-15-14(10-12)6-9-18-16(15)19-11-13-4-7-17-8-5-13/h2-3,6,9-10,13,17H,4-5,7-8,11H2,1H3,(H,18,19). The van der Waals surface area contributed by atoms with Crippen molar-refractivity contribution in [3.8, 4) is 0 Å². The smallest absolute Gasteiger partial charge is 0.133 e. The predicted octanol–water partition coefficient (Wildman–Crippen LogP) is 2.95. The number of hydrogen-bond donors (Lipinski definition) is 2. The molecule has 3 heteroatoms. The molecule has 1 aliphatic rings. The monoisotopic (exact) mass is 255 g/mol. The Morgan fingerprint density at radius 2 is 2.11 bits per heavy atom. The highest BCUT2D eigenvalue weighted by Crippen LogP contribution is 2.23. The molecule has 1 aliphatic heterocycles. The zero-order chi connectivity index (χ0) is 13.1. The van der Waals surface area contributed by atoms with Crippen molar-refractivity contribution in [2.24, 2.45) is 5.92 Å². The number of rotatable bonds is 3. The number of nitrogens with one attached hydrogen (secondary N) is 2. The van der Waals surface area contributed by atoms with E-state index >= 15 is 0 Å². The first-order valence-corrected chi connectivity index (χ1v) is 7.13. The van der Waals surface area contributed by atoms with Crippen LogP contribution in [-0.2, 0) is 0 Å². The molecule has 0 unspecified atom stereocenters. The minimum absolute atomic E-state index is 0.767. The maximum absolute atomic E-state index is 4.49. The van der Waals surface area contributed by atoms with Gasteiger partial charge in [-0.05, 0) is 50.2 Å². The summed E-state index contributed by atoms with van der Waals surface area (Å²) in [6.45, 7) is 5.45. The molecule has 1 fully saturated rings. The highest BCUT2D eigenvalue weighted by molar-refractivity contribution is 5.92. The molecule has 0 bridgehead atoms. The van der Waals surface area contributed by atoms with Crippen molar-refractivity contribution in [3.05, 3.63) is 36.0 Å². The van der Waals surface area contributed by atoms with Gasteiger partial charge in [-0.1, -0.05) is 23.8 Å². The minimum Gasteiger partial charge on any atom is -0.369 e. The Kier molecular flexibility index (Phi) is 3.65. The van der Waals surface area contributed by atoms with Crippen molar-refractivity contribution in [1.82, 2.24) is 10.3 Å². The quantitative estimate of drug-likeness (QED) is 0.885. The molecular weight excluding hydrogens is 234 g/mol. The predicted molar refractivity (Wildman–Crippen MR) is 80.6 cm³/mol. The fourth-order valence-corrected chi connectivity index (χ4v) is 2.77. The van der Waals surface area contributed by atoms with E-state index in [0.717, 1.165) is 31.4 Å². The molecule has 1 aromatic heterocycles. The van der Waals surface area contributed by atoms with Crippen LogP contribution < -0.4 is 10.6 Å². The van der Waals surface area contributed by atoms with Gasteiger partial charge in [0.25, 0.3) is 0 Å². The van der Waals surface area contributed by atoms with Gasteiger partial charge >= 0.3 is 0 Å². The number of fused-ring (bicyclic) bond motifs is 1. The molecule has 19 heavy (non-hydrogen) atoms. The second-order valence-electron chi connectivity index (χ2n) is 5.46. The van der Waals surface area contributed by atoms with Crippen LogP contribution in [0.25, 0.3) is 10.8 Å². The lowest BCUT2D eigenvalue weighted by Gasteiger charge is -2.23. The molecule has 0 aliphatic carbocycles. The van der Waals surface area contributed by atoms with E-state index in [1.807, 2.05) is 6.20 Å². The van der Waals surface area contributed by atoms with Gasteiger partial charge in [0, 0.05) is 18.1 Å². The van der Waals surface area contributed by atoms with E-state index in [4.69, 9.17) is 0 Å². The van der Waals surface area contributed by atoms with Gasteiger partial charge in [-0.25, -0.2) is 4.98 Å². The third kappa shape index (κ3) is 2.87. The Hall–Kier alpha value is -1.61. The zero-order valence-electron chi connectivity index (χ0n) is 11.4. The van der Waals surface area contributed by atoms with Crippen LogP contribution >= 0.6 is 0 Å². The summed E-state index contributed by atoms with van der Waals surface area (Å²) in [5, 5.41) is 9.43. The molecule has 0 amide bonds. The number of hydrogen-bond acceptors (Lipinski definition) is 3.